The number of carbonyl (C=O) groups is 1. The topological polar surface area (TPSA) is 67.9 Å². The Labute approximate surface area is 144 Å². The smallest absolute Gasteiger partial charge is 0.417 e. The van der Waals surface area contributed by atoms with E-state index in [2.05, 4.69) is 30.9 Å². The second-order valence-electron chi connectivity index (χ2n) is 4.61. The number of carbonyl (C=O) groups excluding carboxylic acids is 1. The maximum absolute atomic E-state index is 13.3. The summed E-state index contributed by atoms with van der Waals surface area (Å²) in [6.45, 7) is 1.34. The van der Waals surface area contributed by atoms with Crippen molar-refractivity contribution < 1.29 is 35.9 Å². The number of hydrogen-bond acceptors (Lipinski definition) is 4. The van der Waals surface area contributed by atoms with Gasteiger partial charge in [0.05, 0.1) is 17.7 Å². The number of halogens is 7. The number of aromatic amines is 1. The Morgan fingerprint density at radius 3 is 2.24 bits per heavy atom. The molecule has 0 fully saturated rings. The van der Waals surface area contributed by atoms with Crippen molar-refractivity contribution >= 4 is 21.9 Å². The van der Waals surface area contributed by atoms with Gasteiger partial charge in [-0.1, -0.05) is 15.9 Å². The van der Waals surface area contributed by atoms with Crippen LogP contribution in [0.5, 0.6) is 0 Å². The first-order valence-corrected chi connectivity index (χ1v) is 7.32. The molecular weight excluding hydrogens is 424 g/mol. The van der Waals surface area contributed by atoms with Gasteiger partial charge in [0, 0.05) is 10.0 Å². The number of aromatic nitrogens is 3. The van der Waals surface area contributed by atoms with Gasteiger partial charge in [-0.05, 0) is 19.1 Å². The first-order chi connectivity index (χ1) is 11.5. The molecule has 0 aliphatic carbocycles. The van der Waals surface area contributed by atoms with Crippen LogP contribution in [0.15, 0.2) is 16.6 Å². The summed E-state index contributed by atoms with van der Waals surface area (Å²) < 4.78 is 82.7. The van der Waals surface area contributed by atoms with Crippen LogP contribution in [0.4, 0.5) is 26.3 Å². The number of benzene rings is 1. The highest BCUT2D eigenvalue weighted by molar-refractivity contribution is 9.10. The van der Waals surface area contributed by atoms with Crippen molar-refractivity contribution in [3.05, 3.63) is 33.4 Å². The van der Waals surface area contributed by atoms with Gasteiger partial charge >= 0.3 is 18.3 Å². The average molecular weight is 432 g/mol. The Morgan fingerprint density at radius 1 is 1.12 bits per heavy atom. The van der Waals surface area contributed by atoms with E-state index < -0.39 is 50.9 Å². The maximum Gasteiger partial charge on any atom is 0.417 e. The number of ether oxygens (including phenoxy) is 1. The zero-order valence-corrected chi connectivity index (χ0v) is 13.8. The van der Waals surface area contributed by atoms with Gasteiger partial charge in [-0.2, -0.15) is 36.7 Å². The van der Waals surface area contributed by atoms with Crippen molar-refractivity contribution in [3.63, 3.8) is 0 Å². The van der Waals surface area contributed by atoms with Crippen molar-refractivity contribution in [3.8, 4) is 11.3 Å². The molecule has 1 heterocycles. The minimum atomic E-state index is -4.99. The molecule has 25 heavy (non-hydrogen) atoms. The summed E-state index contributed by atoms with van der Waals surface area (Å²) in [5.74, 6) is -1.11. The quantitative estimate of drug-likeness (QED) is 0.575. The molecule has 0 atom stereocenters. The molecule has 0 bridgehead atoms. The van der Waals surface area contributed by atoms with Gasteiger partial charge in [0.15, 0.2) is 5.69 Å². The van der Waals surface area contributed by atoms with Crippen molar-refractivity contribution in [2.45, 2.75) is 19.3 Å². The molecule has 12 heteroatoms. The fraction of sp³-hybridized carbons (Fsp3) is 0.308. The zero-order valence-electron chi connectivity index (χ0n) is 12.2. The minimum absolute atomic E-state index is 0.106. The van der Waals surface area contributed by atoms with E-state index in [1.807, 2.05) is 5.21 Å². The van der Waals surface area contributed by atoms with Crippen molar-refractivity contribution in [2.24, 2.45) is 0 Å². The van der Waals surface area contributed by atoms with Gasteiger partial charge in [0.2, 0.25) is 0 Å². The van der Waals surface area contributed by atoms with Gasteiger partial charge in [-0.25, -0.2) is 4.79 Å². The number of H-pyrrole nitrogens is 1. The Hall–Kier alpha value is -2.11. The largest absolute Gasteiger partial charge is 0.461 e. The second kappa shape index (κ2) is 6.65. The molecule has 5 nitrogen and oxygen atoms in total. The van der Waals surface area contributed by atoms with Crippen LogP contribution < -0.4 is 0 Å². The van der Waals surface area contributed by atoms with E-state index in [0.29, 0.717) is 0 Å². The molecule has 0 aliphatic rings. The van der Waals surface area contributed by atoms with Gasteiger partial charge in [-0.15, -0.1) is 5.10 Å². The maximum atomic E-state index is 13.3. The number of esters is 1. The van der Waals surface area contributed by atoms with Crippen LogP contribution in [0.1, 0.15) is 28.5 Å². The molecule has 0 amide bonds. The Balaban J connectivity index is 2.76. The van der Waals surface area contributed by atoms with Crippen LogP contribution in [-0.4, -0.2) is 28.0 Å². The van der Waals surface area contributed by atoms with Crippen molar-refractivity contribution in [1.29, 1.82) is 0 Å². The highest BCUT2D eigenvalue weighted by Crippen LogP contribution is 2.44. The third-order valence-corrected chi connectivity index (χ3v) is 3.65. The number of hydrogen-bond donors (Lipinski definition) is 1. The molecule has 0 saturated heterocycles. The summed E-state index contributed by atoms with van der Waals surface area (Å²) in [7, 11) is 0. The lowest BCUT2D eigenvalue weighted by molar-refractivity contribution is -0.141. The molecule has 2 aromatic rings. The SMILES string of the molecule is CCOC(=O)c1n[nH]nc1-c1cc(C(F)(F)F)c(Br)cc1C(F)(F)F. The molecule has 1 aromatic carbocycles. The van der Waals surface area contributed by atoms with Crippen LogP contribution in [0.2, 0.25) is 0 Å². The predicted molar refractivity (Wildman–Crippen MR) is 75.5 cm³/mol. The molecule has 0 unspecified atom stereocenters. The molecule has 0 aliphatic heterocycles. The van der Waals surface area contributed by atoms with Crippen molar-refractivity contribution in [2.75, 3.05) is 6.61 Å². The summed E-state index contributed by atoms with van der Waals surface area (Å²) in [4.78, 5) is 11.8. The average Bonchev–Trinajstić information content (AvgIpc) is 2.94. The normalized spacial score (nSPS) is 12.3. The van der Waals surface area contributed by atoms with Crippen LogP contribution >= 0.6 is 15.9 Å². The third kappa shape index (κ3) is 3.94. The summed E-state index contributed by atoms with van der Waals surface area (Å²) >= 11 is 2.49. The first kappa shape index (κ1) is 19.2. The Morgan fingerprint density at radius 2 is 1.72 bits per heavy atom. The predicted octanol–water partition coefficient (Wildman–Crippen LogP) is 4.45. The highest BCUT2D eigenvalue weighted by Gasteiger charge is 2.40. The summed E-state index contributed by atoms with van der Waals surface area (Å²) in [6.07, 6.45) is -9.92. The summed E-state index contributed by atoms with van der Waals surface area (Å²) in [5.41, 5.74) is -5.05. The lowest BCUT2D eigenvalue weighted by atomic mass is 9.99. The number of alkyl halides is 6. The molecule has 0 saturated carbocycles. The van der Waals surface area contributed by atoms with Gasteiger partial charge in [-0.3, -0.25) is 0 Å². The van der Waals surface area contributed by atoms with Crippen LogP contribution in [0.3, 0.4) is 0 Å². The lowest BCUT2D eigenvalue weighted by Gasteiger charge is -2.16. The first-order valence-electron chi connectivity index (χ1n) is 6.53. The lowest BCUT2D eigenvalue weighted by Crippen LogP contribution is -2.14. The number of nitrogens with one attached hydrogen (secondary N) is 1. The van der Waals surface area contributed by atoms with Crippen LogP contribution in [0.25, 0.3) is 11.3 Å². The van der Waals surface area contributed by atoms with Gasteiger partial charge in [0.1, 0.15) is 5.69 Å². The number of nitrogens with zero attached hydrogens (tertiary/aromatic N) is 2. The van der Waals surface area contributed by atoms with E-state index in [1.165, 1.54) is 6.92 Å². The van der Waals surface area contributed by atoms with E-state index in [1.54, 1.807) is 0 Å². The second-order valence-corrected chi connectivity index (χ2v) is 5.47. The van der Waals surface area contributed by atoms with Gasteiger partial charge in [0.25, 0.3) is 0 Å². The van der Waals surface area contributed by atoms with E-state index in [9.17, 15) is 31.1 Å². The monoisotopic (exact) mass is 431 g/mol. The molecule has 1 N–H and O–H groups in total. The van der Waals surface area contributed by atoms with Crippen molar-refractivity contribution in [1.82, 2.24) is 15.4 Å². The Bertz CT molecular complexity index is 800. The summed E-state index contributed by atoms with van der Waals surface area (Å²) in [6, 6.07) is 0.537. The number of rotatable bonds is 3. The molecule has 0 spiro atoms. The Kier molecular flexibility index (Phi) is 5.11. The molecule has 2 rings (SSSR count). The standard InChI is InChI=1S/C13H8BrF6N3O2/c1-2-25-11(24)10-9(21-23-22-10)5-3-7(13(18,19)20)8(14)4-6(5)12(15,16)17/h3-4H,2H2,1H3,(H,21,22,23). The zero-order chi connectivity index (χ0) is 19.0. The highest BCUT2D eigenvalue weighted by atomic mass is 79.9. The van der Waals surface area contributed by atoms with E-state index >= 15 is 0 Å². The van der Waals surface area contributed by atoms with E-state index in [4.69, 9.17) is 0 Å². The van der Waals surface area contributed by atoms with E-state index in [0.717, 1.165) is 0 Å². The fourth-order valence-corrected chi connectivity index (χ4v) is 2.55. The van der Waals surface area contributed by atoms with Crippen LogP contribution in [-0.2, 0) is 17.1 Å². The third-order valence-electron chi connectivity index (χ3n) is 2.99. The van der Waals surface area contributed by atoms with Crippen LogP contribution in [0, 0.1) is 0 Å². The molecular formula is C13H8BrF6N3O2. The summed E-state index contributed by atoms with van der Waals surface area (Å²) in [5, 5.41) is 8.70. The fourth-order valence-electron chi connectivity index (χ4n) is 1.98. The minimum Gasteiger partial charge on any atom is -0.461 e. The molecule has 1 aromatic heterocycles. The van der Waals surface area contributed by atoms with Gasteiger partial charge < -0.3 is 4.74 Å². The van der Waals surface area contributed by atoms with E-state index in [-0.39, 0.29) is 18.7 Å². The molecule has 136 valence electrons. The molecule has 0 radical (unpaired) electrons.